The maximum atomic E-state index is 13.2. The maximum absolute atomic E-state index is 13.2. The van der Waals surface area contributed by atoms with Crippen LogP contribution in [0.4, 0.5) is 8.78 Å². The predicted molar refractivity (Wildman–Crippen MR) is 79.4 cm³/mol. The topological polar surface area (TPSA) is 38.3 Å². The van der Waals surface area contributed by atoms with E-state index >= 15 is 0 Å². The predicted octanol–water partition coefficient (Wildman–Crippen LogP) is 3.60. The third-order valence-electron chi connectivity index (χ3n) is 3.29. The lowest BCUT2D eigenvalue weighted by Gasteiger charge is -2.15. The van der Waals surface area contributed by atoms with Gasteiger partial charge >= 0.3 is 0 Å². The Balaban J connectivity index is 2.10. The van der Waals surface area contributed by atoms with Crippen molar-refractivity contribution in [2.24, 2.45) is 0 Å². The standard InChI is InChI=1S/C17H17F2NO2/c1-11(13-6-7-15(18)16(19)9-13)20-17(21)14-5-3-4-12(8-14)10-22-2/h3-9,11H,10H2,1-2H3,(H,20,21)/t11-/m0/s1. The molecule has 0 aliphatic heterocycles. The second kappa shape index (κ2) is 7.13. The molecule has 2 rings (SSSR count). The van der Waals surface area contributed by atoms with Gasteiger partial charge in [-0.15, -0.1) is 0 Å². The van der Waals surface area contributed by atoms with E-state index in [-0.39, 0.29) is 5.91 Å². The van der Waals surface area contributed by atoms with Crippen LogP contribution in [0.25, 0.3) is 0 Å². The SMILES string of the molecule is COCc1cccc(C(=O)N[C@@H](C)c2ccc(F)c(F)c2)c1. The van der Waals surface area contributed by atoms with E-state index in [1.165, 1.54) is 6.07 Å². The third kappa shape index (κ3) is 3.89. The number of rotatable bonds is 5. The highest BCUT2D eigenvalue weighted by molar-refractivity contribution is 5.94. The molecule has 0 aliphatic carbocycles. The first-order valence-electron chi connectivity index (χ1n) is 6.85. The molecule has 0 bridgehead atoms. The summed E-state index contributed by atoms with van der Waals surface area (Å²) in [6.07, 6.45) is 0. The summed E-state index contributed by atoms with van der Waals surface area (Å²) in [4.78, 5) is 12.2. The summed E-state index contributed by atoms with van der Waals surface area (Å²) in [5.41, 5.74) is 1.87. The number of carbonyl (C=O) groups is 1. The van der Waals surface area contributed by atoms with Crippen LogP contribution in [0, 0.1) is 11.6 Å². The molecule has 0 aromatic heterocycles. The van der Waals surface area contributed by atoms with Crippen LogP contribution < -0.4 is 5.32 Å². The van der Waals surface area contributed by atoms with Crippen LogP contribution >= 0.6 is 0 Å². The second-order valence-corrected chi connectivity index (χ2v) is 5.00. The Kier molecular flexibility index (Phi) is 5.22. The Hall–Kier alpha value is -2.27. The van der Waals surface area contributed by atoms with Gasteiger partial charge in [-0.05, 0) is 42.3 Å². The van der Waals surface area contributed by atoms with E-state index in [9.17, 15) is 13.6 Å². The molecule has 0 unspecified atom stereocenters. The average Bonchev–Trinajstić information content (AvgIpc) is 2.50. The first kappa shape index (κ1) is 16.1. The Morgan fingerprint density at radius 2 is 1.95 bits per heavy atom. The zero-order valence-corrected chi connectivity index (χ0v) is 12.4. The number of carbonyl (C=O) groups excluding carboxylic acids is 1. The van der Waals surface area contributed by atoms with E-state index in [0.717, 1.165) is 17.7 Å². The third-order valence-corrected chi connectivity index (χ3v) is 3.29. The van der Waals surface area contributed by atoms with Crippen molar-refractivity contribution >= 4 is 5.91 Å². The Labute approximate surface area is 127 Å². The van der Waals surface area contributed by atoms with Gasteiger partial charge in [0, 0.05) is 12.7 Å². The van der Waals surface area contributed by atoms with Crippen molar-refractivity contribution in [3.8, 4) is 0 Å². The number of hydrogen-bond donors (Lipinski definition) is 1. The molecule has 0 heterocycles. The van der Waals surface area contributed by atoms with Crippen LogP contribution in [-0.2, 0) is 11.3 Å². The van der Waals surface area contributed by atoms with E-state index in [1.54, 1.807) is 32.2 Å². The summed E-state index contributed by atoms with van der Waals surface area (Å²) < 4.78 is 31.2. The molecule has 0 radical (unpaired) electrons. The lowest BCUT2D eigenvalue weighted by atomic mass is 10.1. The number of methoxy groups -OCH3 is 1. The van der Waals surface area contributed by atoms with Crippen molar-refractivity contribution in [2.75, 3.05) is 7.11 Å². The summed E-state index contributed by atoms with van der Waals surface area (Å²) in [5.74, 6) is -2.12. The lowest BCUT2D eigenvalue weighted by Crippen LogP contribution is -2.26. The summed E-state index contributed by atoms with van der Waals surface area (Å²) in [7, 11) is 1.58. The molecule has 22 heavy (non-hydrogen) atoms. The fraction of sp³-hybridized carbons (Fsp3) is 0.235. The monoisotopic (exact) mass is 305 g/mol. The van der Waals surface area contributed by atoms with Gasteiger partial charge in [0.25, 0.3) is 5.91 Å². The van der Waals surface area contributed by atoms with E-state index in [4.69, 9.17) is 4.74 Å². The molecule has 3 nitrogen and oxygen atoms in total. The van der Waals surface area contributed by atoms with Crippen LogP contribution in [0.2, 0.25) is 0 Å². The van der Waals surface area contributed by atoms with Crippen LogP contribution in [0.3, 0.4) is 0 Å². The van der Waals surface area contributed by atoms with Crippen molar-refractivity contribution in [3.05, 3.63) is 70.8 Å². The van der Waals surface area contributed by atoms with E-state index in [0.29, 0.717) is 17.7 Å². The smallest absolute Gasteiger partial charge is 0.251 e. The molecule has 2 aromatic carbocycles. The molecule has 1 amide bonds. The molecule has 0 spiro atoms. The fourth-order valence-corrected chi connectivity index (χ4v) is 2.11. The van der Waals surface area contributed by atoms with Crippen molar-refractivity contribution < 1.29 is 18.3 Å². The Morgan fingerprint density at radius 1 is 1.18 bits per heavy atom. The normalized spacial score (nSPS) is 12.0. The van der Waals surface area contributed by atoms with Gasteiger partial charge < -0.3 is 10.1 Å². The van der Waals surface area contributed by atoms with Crippen molar-refractivity contribution in [2.45, 2.75) is 19.6 Å². The van der Waals surface area contributed by atoms with E-state index in [2.05, 4.69) is 5.32 Å². The van der Waals surface area contributed by atoms with Gasteiger partial charge in [-0.2, -0.15) is 0 Å². The van der Waals surface area contributed by atoms with Crippen molar-refractivity contribution in [1.29, 1.82) is 0 Å². The number of nitrogens with one attached hydrogen (secondary N) is 1. The number of halogens is 2. The molecule has 0 saturated carbocycles. The molecule has 0 aliphatic rings. The Morgan fingerprint density at radius 3 is 2.64 bits per heavy atom. The quantitative estimate of drug-likeness (QED) is 0.916. The number of hydrogen-bond acceptors (Lipinski definition) is 2. The minimum Gasteiger partial charge on any atom is -0.380 e. The zero-order valence-electron chi connectivity index (χ0n) is 12.4. The largest absolute Gasteiger partial charge is 0.380 e. The number of ether oxygens (including phenoxy) is 1. The van der Waals surface area contributed by atoms with Crippen LogP contribution in [-0.4, -0.2) is 13.0 Å². The summed E-state index contributed by atoms with van der Waals surface area (Å²) in [6, 6.07) is 10.2. The molecule has 1 atom stereocenters. The average molecular weight is 305 g/mol. The van der Waals surface area contributed by atoms with Crippen molar-refractivity contribution in [3.63, 3.8) is 0 Å². The molecule has 116 valence electrons. The highest BCUT2D eigenvalue weighted by Crippen LogP contribution is 2.17. The first-order chi connectivity index (χ1) is 10.5. The molecule has 2 aromatic rings. The molecule has 0 saturated heterocycles. The molecule has 0 fully saturated rings. The van der Waals surface area contributed by atoms with E-state index in [1.807, 2.05) is 6.07 Å². The molecule has 5 heteroatoms. The van der Waals surface area contributed by atoms with Gasteiger partial charge in [-0.1, -0.05) is 18.2 Å². The van der Waals surface area contributed by atoms with Gasteiger partial charge in [-0.3, -0.25) is 4.79 Å². The van der Waals surface area contributed by atoms with Gasteiger partial charge in [0.05, 0.1) is 12.6 Å². The van der Waals surface area contributed by atoms with Crippen LogP contribution in [0.5, 0.6) is 0 Å². The van der Waals surface area contributed by atoms with Gasteiger partial charge in [0.2, 0.25) is 0 Å². The van der Waals surface area contributed by atoms with Gasteiger partial charge in [0.1, 0.15) is 0 Å². The number of benzene rings is 2. The highest BCUT2D eigenvalue weighted by atomic mass is 19.2. The molecular weight excluding hydrogens is 288 g/mol. The van der Waals surface area contributed by atoms with Crippen LogP contribution in [0.1, 0.15) is 34.5 Å². The van der Waals surface area contributed by atoms with Crippen molar-refractivity contribution in [1.82, 2.24) is 5.32 Å². The highest BCUT2D eigenvalue weighted by Gasteiger charge is 2.13. The molecular formula is C17H17F2NO2. The number of amides is 1. The first-order valence-corrected chi connectivity index (χ1v) is 6.85. The minimum absolute atomic E-state index is 0.282. The minimum atomic E-state index is -0.930. The van der Waals surface area contributed by atoms with Crippen LogP contribution in [0.15, 0.2) is 42.5 Å². The fourth-order valence-electron chi connectivity index (χ4n) is 2.11. The maximum Gasteiger partial charge on any atom is 0.251 e. The Bertz CT molecular complexity index is 673. The lowest BCUT2D eigenvalue weighted by molar-refractivity contribution is 0.0939. The summed E-state index contributed by atoms with van der Waals surface area (Å²) >= 11 is 0. The molecule has 1 N–H and O–H groups in total. The summed E-state index contributed by atoms with van der Waals surface area (Å²) in [5, 5.41) is 2.76. The van der Waals surface area contributed by atoms with Gasteiger partial charge in [-0.25, -0.2) is 8.78 Å². The summed E-state index contributed by atoms with van der Waals surface area (Å²) in [6.45, 7) is 2.13. The van der Waals surface area contributed by atoms with E-state index < -0.39 is 17.7 Å². The zero-order chi connectivity index (χ0) is 16.1. The second-order valence-electron chi connectivity index (χ2n) is 5.00. The van der Waals surface area contributed by atoms with Gasteiger partial charge in [0.15, 0.2) is 11.6 Å².